The van der Waals surface area contributed by atoms with Crippen molar-refractivity contribution in [1.29, 1.82) is 0 Å². The molecule has 228 valence electrons. The van der Waals surface area contributed by atoms with Crippen LogP contribution in [0.1, 0.15) is 61.6 Å². The molecule has 2 atom stereocenters. The zero-order valence-corrected chi connectivity index (χ0v) is 26.4. The summed E-state index contributed by atoms with van der Waals surface area (Å²) in [5, 5.41) is 26.1. The third kappa shape index (κ3) is 9.45. The molecule has 0 fully saturated rings. The largest absolute Gasteiger partial charge is 0.508 e. The summed E-state index contributed by atoms with van der Waals surface area (Å²) in [6.45, 7) is 13.5. The van der Waals surface area contributed by atoms with Crippen LogP contribution in [0.4, 0.5) is 8.78 Å². The van der Waals surface area contributed by atoms with Gasteiger partial charge < -0.3 is 25.3 Å². The van der Waals surface area contributed by atoms with E-state index < -0.39 is 20.0 Å². The highest BCUT2D eigenvalue weighted by molar-refractivity contribution is 6.74. The third-order valence-electron chi connectivity index (χ3n) is 7.91. The molecule has 0 aliphatic heterocycles. The summed E-state index contributed by atoms with van der Waals surface area (Å²) in [6, 6.07) is 16.8. The molecule has 42 heavy (non-hydrogen) atoms. The summed E-state index contributed by atoms with van der Waals surface area (Å²) in [6.07, 6.45) is 0.647. The number of aliphatic hydroxyl groups is 1. The number of hydrogen-bond acceptors (Lipinski definition) is 5. The molecule has 3 aromatic rings. The molecule has 9 heteroatoms. The second-order valence-electron chi connectivity index (χ2n) is 12.4. The number of nitrogens with one attached hydrogen (secondary N) is 2. The Bertz CT molecular complexity index is 1360. The first-order valence-corrected chi connectivity index (χ1v) is 17.2. The lowest BCUT2D eigenvalue weighted by atomic mass is 10.0. The topological polar surface area (TPSA) is 90.8 Å². The predicted octanol–water partition coefficient (Wildman–Crippen LogP) is 6.31. The number of aromatic hydroxyl groups is 1. The van der Waals surface area contributed by atoms with Crippen LogP contribution in [0.3, 0.4) is 0 Å². The first-order chi connectivity index (χ1) is 19.7. The lowest BCUT2D eigenvalue weighted by Crippen LogP contribution is -2.44. The van der Waals surface area contributed by atoms with Gasteiger partial charge in [-0.15, -0.1) is 0 Å². The van der Waals surface area contributed by atoms with Gasteiger partial charge in [-0.3, -0.25) is 4.79 Å². The fourth-order valence-corrected chi connectivity index (χ4v) is 5.68. The minimum absolute atomic E-state index is 0.00946. The fraction of sp³-hybridized carbons (Fsp3) is 0.424. The van der Waals surface area contributed by atoms with Crippen LogP contribution in [-0.2, 0) is 35.2 Å². The van der Waals surface area contributed by atoms with E-state index in [2.05, 4.69) is 51.4 Å². The normalized spacial score (nSPS) is 13.5. The first kappa shape index (κ1) is 33.4. The maximum absolute atomic E-state index is 13.4. The van der Waals surface area contributed by atoms with Crippen LogP contribution < -0.4 is 10.6 Å². The number of carbonyl (C=O) groups is 1. The zero-order chi connectivity index (χ0) is 31.1. The monoisotopic (exact) mass is 598 g/mol. The van der Waals surface area contributed by atoms with Gasteiger partial charge in [-0.25, -0.2) is 8.78 Å². The second-order valence-corrected chi connectivity index (χ2v) is 17.2. The van der Waals surface area contributed by atoms with Crippen molar-refractivity contribution in [2.45, 2.75) is 84.0 Å². The molecule has 3 aromatic carbocycles. The molecule has 4 N–H and O–H groups in total. The molecule has 0 spiro atoms. The van der Waals surface area contributed by atoms with Gasteiger partial charge in [0.15, 0.2) is 20.0 Å². The van der Waals surface area contributed by atoms with Crippen molar-refractivity contribution in [3.8, 4) is 5.75 Å². The van der Waals surface area contributed by atoms with Crippen molar-refractivity contribution in [1.82, 2.24) is 10.6 Å². The van der Waals surface area contributed by atoms with E-state index in [0.29, 0.717) is 17.7 Å². The van der Waals surface area contributed by atoms with Crippen LogP contribution in [0, 0.1) is 11.6 Å². The van der Waals surface area contributed by atoms with Gasteiger partial charge in [-0.05, 0) is 78.0 Å². The van der Waals surface area contributed by atoms with Crippen LogP contribution in [0.5, 0.6) is 5.75 Å². The highest BCUT2D eigenvalue weighted by Crippen LogP contribution is 2.40. The molecule has 0 aliphatic rings. The Kier molecular flexibility index (Phi) is 11.4. The number of rotatable bonds is 13. The summed E-state index contributed by atoms with van der Waals surface area (Å²) in [5.74, 6) is -2.00. The highest BCUT2D eigenvalue weighted by Gasteiger charge is 2.39. The molecular formula is C33H44F2N2O4Si. The minimum atomic E-state index is -2.13. The Hall–Kier alpha value is -3.11. The summed E-state index contributed by atoms with van der Waals surface area (Å²) >= 11 is 0. The Morgan fingerprint density at radius 1 is 0.976 bits per heavy atom. The number of hydrogen-bond donors (Lipinski definition) is 4. The summed E-state index contributed by atoms with van der Waals surface area (Å²) in [5.41, 5.74) is 3.80. The average Bonchev–Trinajstić information content (AvgIpc) is 2.91. The van der Waals surface area contributed by atoms with Gasteiger partial charge in [0.2, 0.25) is 5.91 Å². The molecule has 2 unspecified atom stereocenters. The van der Waals surface area contributed by atoms with Crippen molar-refractivity contribution in [3.63, 3.8) is 0 Å². The Morgan fingerprint density at radius 2 is 1.69 bits per heavy atom. The number of aliphatic hydroxyl groups excluding tert-OH is 1. The number of amides is 1. The number of benzene rings is 3. The molecule has 0 aliphatic carbocycles. The molecule has 0 heterocycles. The number of phenols is 1. The molecule has 0 saturated heterocycles. The van der Waals surface area contributed by atoms with Gasteiger partial charge in [-0.2, -0.15) is 0 Å². The van der Waals surface area contributed by atoms with E-state index in [-0.39, 0.29) is 48.4 Å². The smallest absolute Gasteiger partial charge is 0.224 e. The van der Waals surface area contributed by atoms with Crippen molar-refractivity contribution in [2.75, 3.05) is 6.54 Å². The Balaban J connectivity index is 1.62. The molecular weight excluding hydrogens is 554 g/mol. The van der Waals surface area contributed by atoms with E-state index in [1.807, 2.05) is 30.3 Å². The van der Waals surface area contributed by atoms with E-state index in [4.69, 9.17) is 4.43 Å². The van der Waals surface area contributed by atoms with E-state index in [1.54, 1.807) is 12.1 Å². The third-order valence-corrected chi connectivity index (χ3v) is 12.4. The lowest BCUT2D eigenvalue weighted by Gasteiger charge is -2.40. The van der Waals surface area contributed by atoms with Crippen molar-refractivity contribution < 1.29 is 28.2 Å². The summed E-state index contributed by atoms with van der Waals surface area (Å²) < 4.78 is 33.4. The van der Waals surface area contributed by atoms with Crippen molar-refractivity contribution in [3.05, 3.63) is 100 Å². The Labute approximate surface area is 249 Å². The van der Waals surface area contributed by atoms with Gasteiger partial charge >= 0.3 is 0 Å². The molecule has 6 nitrogen and oxygen atoms in total. The molecule has 0 saturated carbocycles. The molecule has 0 radical (unpaired) electrons. The van der Waals surface area contributed by atoms with Crippen LogP contribution in [0.15, 0.2) is 60.7 Å². The number of halogens is 2. The van der Waals surface area contributed by atoms with Crippen LogP contribution >= 0.6 is 0 Å². The minimum Gasteiger partial charge on any atom is -0.508 e. The van der Waals surface area contributed by atoms with Crippen LogP contribution in [0.2, 0.25) is 18.1 Å². The predicted molar refractivity (Wildman–Crippen MR) is 165 cm³/mol. The summed E-state index contributed by atoms with van der Waals surface area (Å²) in [7, 11) is -2.13. The van der Waals surface area contributed by atoms with E-state index in [0.717, 1.165) is 35.2 Å². The second kappa shape index (κ2) is 14.4. The summed E-state index contributed by atoms with van der Waals surface area (Å²) in [4.78, 5) is 12.5. The van der Waals surface area contributed by atoms with E-state index in [9.17, 15) is 23.8 Å². The van der Waals surface area contributed by atoms with Crippen LogP contribution in [0.25, 0.3) is 0 Å². The first-order valence-electron chi connectivity index (χ1n) is 14.3. The van der Waals surface area contributed by atoms with Gasteiger partial charge in [0.1, 0.15) is 5.75 Å². The Morgan fingerprint density at radius 3 is 2.36 bits per heavy atom. The standard InChI is InChI=1S/C33H44F2N2O4Si/c1-22(36-20-31(41-42(5,6)33(2,3)4)26-11-13-30(39)27(18-26)21-38)14-23-8-7-9-24(15-23)17-32(40)37-19-25-10-12-28(34)29(35)16-25/h7-13,15-16,18,22,31,36,38-39H,14,17,19-21H2,1-6H3,(H,37,40). The maximum Gasteiger partial charge on any atom is 0.224 e. The van der Waals surface area contributed by atoms with Gasteiger partial charge in [0.25, 0.3) is 0 Å². The van der Waals surface area contributed by atoms with Crippen molar-refractivity contribution in [2.24, 2.45) is 0 Å². The lowest BCUT2D eigenvalue weighted by molar-refractivity contribution is -0.120. The number of carbonyl (C=O) groups excluding carboxylic acids is 1. The van der Waals surface area contributed by atoms with E-state index in [1.165, 1.54) is 6.07 Å². The molecule has 3 rings (SSSR count). The zero-order valence-electron chi connectivity index (χ0n) is 25.4. The fourth-order valence-electron chi connectivity index (χ4n) is 4.39. The van der Waals surface area contributed by atoms with Gasteiger partial charge in [0, 0.05) is 24.7 Å². The SMILES string of the molecule is CC(Cc1cccc(CC(=O)NCc2ccc(F)c(F)c2)c1)NCC(O[Si](C)(C)C(C)(C)C)c1ccc(O)c(CO)c1. The van der Waals surface area contributed by atoms with Crippen LogP contribution in [-0.4, -0.2) is 37.0 Å². The average molecular weight is 599 g/mol. The maximum atomic E-state index is 13.4. The highest BCUT2D eigenvalue weighted by atomic mass is 28.4. The van der Waals surface area contributed by atoms with Gasteiger partial charge in [-0.1, -0.05) is 57.2 Å². The molecule has 0 bridgehead atoms. The van der Waals surface area contributed by atoms with Gasteiger partial charge in [0.05, 0.1) is 19.1 Å². The molecule has 0 aromatic heterocycles. The quantitative estimate of drug-likeness (QED) is 0.173. The molecule has 1 amide bonds. The van der Waals surface area contributed by atoms with E-state index >= 15 is 0 Å². The van der Waals surface area contributed by atoms with Crippen molar-refractivity contribution >= 4 is 14.2 Å².